The molecule has 0 heterocycles. The lowest BCUT2D eigenvalue weighted by atomic mass is 10.0. The van der Waals surface area contributed by atoms with Crippen LogP contribution in [0.25, 0.3) is 0 Å². The second-order valence-electron chi connectivity index (χ2n) is 9.49. The van der Waals surface area contributed by atoms with Crippen molar-refractivity contribution in [3.05, 3.63) is 97.9 Å². The third kappa shape index (κ3) is 8.75. The number of nitrogens with zero attached hydrogens (tertiary/aromatic N) is 2. The van der Waals surface area contributed by atoms with Gasteiger partial charge in [0.2, 0.25) is 21.8 Å². The van der Waals surface area contributed by atoms with E-state index in [9.17, 15) is 18.0 Å². The molecule has 0 saturated heterocycles. The van der Waals surface area contributed by atoms with Crippen LogP contribution in [0.4, 0.5) is 5.69 Å². The van der Waals surface area contributed by atoms with Crippen LogP contribution >= 0.6 is 46.4 Å². The van der Waals surface area contributed by atoms with Gasteiger partial charge in [-0.1, -0.05) is 82.8 Å². The molecule has 40 heavy (non-hydrogen) atoms. The number of benzene rings is 3. The molecule has 1 N–H and O–H groups in total. The Morgan fingerprint density at radius 3 is 2.02 bits per heavy atom. The molecule has 0 bridgehead atoms. The van der Waals surface area contributed by atoms with Crippen LogP contribution in [0.1, 0.15) is 25.0 Å². The highest BCUT2D eigenvalue weighted by Gasteiger charge is 2.34. The molecule has 1 unspecified atom stereocenters. The zero-order chi connectivity index (χ0) is 29.6. The smallest absolute Gasteiger partial charge is 0.244 e. The predicted octanol–water partition coefficient (Wildman–Crippen LogP) is 6.23. The monoisotopic (exact) mass is 643 g/mol. The van der Waals surface area contributed by atoms with Crippen molar-refractivity contribution in [2.75, 3.05) is 17.1 Å². The van der Waals surface area contributed by atoms with E-state index < -0.39 is 34.4 Å². The van der Waals surface area contributed by atoms with E-state index in [0.29, 0.717) is 20.6 Å². The third-order valence-electron chi connectivity index (χ3n) is 5.92. The Morgan fingerprint density at radius 2 is 1.48 bits per heavy atom. The number of halogens is 4. The van der Waals surface area contributed by atoms with Gasteiger partial charge in [-0.25, -0.2) is 8.42 Å². The van der Waals surface area contributed by atoms with Crippen LogP contribution in [0.2, 0.25) is 20.1 Å². The summed E-state index contributed by atoms with van der Waals surface area (Å²) >= 11 is 24.9. The van der Waals surface area contributed by atoms with E-state index >= 15 is 0 Å². The molecule has 12 heteroatoms. The highest BCUT2D eigenvalue weighted by atomic mass is 35.5. The molecule has 0 aliphatic carbocycles. The minimum absolute atomic E-state index is 0.0522. The molecule has 3 aromatic rings. The van der Waals surface area contributed by atoms with Gasteiger partial charge in [-0.15, -0.1) is 0 Å². The van der Waals surface area contributed by atoms with E-state index in [1.165, 1.54) is 29.2 Å². The first kappa shape index (κ1) is 32.0. The van der Waals surface area contributed by atoms with Crippen LogP contribution < -0.4 is 9.62 Å². The summed E-state index contributed by atoms with van der Waals surface area (Å²) in [5.74, 6) is -1.03. The number of anilines is 1. The molecule has 0 aliphatic heterocycles. The molecule has 214 valence electrons. The van der Waals surface area contributed by atoms with Gasteiger partial charge in [0.25, 0.3) is 0 Å². The van der Waals surface area contributed by atoms with E-state index in [-0.39, 0.29) is 29.7 Å². The van der Waals surface area contributed by atoms with Crippen molar-refractivity contribution in [2.24, 2.45) is 0 Å². The van der Waals surface area contributed by atoms with Crippen molar-refractivity contribution < 1.29 is 18.0 Å². The molecule has 3 aromatic carbocycles. The summed E-state index contributed by atoms with van der Waals surface area (Å²) in [4.78, 5) is 28.9. The lowest BCUT2D eigenvalue weighted by Gasteiger charge is -2.34. The molecule has 0 fully saturated rings. The Balaban J connectivity index is 2.10. The minimum Gasteiger partial charge on any atom is -0.352 e. The fraction of sp³-hybridized carbons (Fsp3) is 0.286. The van der Waals surface area contributed by atoms with Crippen LogP contribution in [0, 0.1) is 0 Å². The summed E-state index contributed by atoms with van der Waals surface area (Å²) in [6.07, 6.45) is 1.15. The molecular weight excluding hydrogens is 616 g/mol. The molecule has 7 nitrogen and oxygen atoms in total. The summed E-state index contributed by atoms with van der Waals surface area (Å²) in [6.45, 7) is 2.93. The standard InChI is InChI=1S/C28H29Cl4N3O4S/c1-18(2)33-28(37)26(13-19-7-5-4-6-8-19)34(16-20-9-10-21(29)14-23(20)31)27(36)17-35(40(3,38)39)25-12-11-22(30)15-24(25)32/h4-12,14-15,18,26H,13,16-17H2,1-3H3,(H,33,37). The number of rotatable bonds is 11. The summed E-state index contributed by atoms with van der Waals surface area (Å²) in [5, 5.41) is 3.95. The van der Waals surface area contributed by atoms with Crippen LogP contribution in [-0.2, 0) is 32.6 Å². The highest BCUT2D eigenvalue weighted by Crippen LogP contribution is 2.31. The molecule has 0 spiro atoms. The van der Waals surface area contributed by atoms with Gasteiger partial charge >= 0.3 is 0 Å². The van der Waals surface area contributed by atoms with Crippen LogP contribution in [0.15, 0.2) is 66.7 Å². The Kier molecular flexibility index (Phi) is 11.1. The SMILES string of the molecule is CC(C)NC(=O)C(Cc1ccccc1)N(Cc1ccc(Cl)cc1Cl)C(=O)CN(c1ccc(Cl)cc1Cl)S(C)(=O)=O. The molecular formula is C28H29Cl4N3O4S. The fourth-order valence-electron chi connectivity index (χ4n) is 4.05. The van der Waals surface area contributed by atoms with E-state index in [1.807, 2.05) is 44.2 Å². The van der Waals surface area contributed by atoms with Gasteiger partial charge in [-0.3, -0.25) is 13.9 Å². The maximum Gasteiger partial charge on any atom is 0.244 e. The van der Waals surface area contributed by atoms with E-state index in [2.05, 4.69) is 5.32 Å². The minimum atomic E-state index is -3.98. The maximum absolute atomic E-state index is 14.1. The molecule has 1 atom stereocenters. The third-order valence-corrected chi connectivity index (χ3v) is 8.17. The zero-order valence-electron chi connectivity index (χ0n) is 22.1. The topological polar surface area (TPSA) is 86.8 Å². The summed E-state index contributed by atoms with van der Waals surface area (Å²) in [6, 6.07) is 17.1. The predicted molar refractivity (Wildman–Crippen MR) is 163 cm³/mol. The molecule has 3 rings (SSSR count). The van der Waals surface area contributed by atoms with E-state index in [4.69, 9.17) is 46.4 Å². The number of carbonyl (C=O) groups is 2. The summed E-state index contributed by atoms with van der Waals surface area (Å²) in [7, 11) is -3.98. The highest BCUT2D eigenvalue weighted by molar-refractivity contribution is 7.92. The van der Waals surface area contributed by atoms with Gasteiger partial charge in [0.05, 0.1) is 17.0 Å². The van der Waals surface area contributed by atoms with E-state index in [1.54, 1.807) is 12.1 Å². The Morgan fingerprint density at radius 1 is 0.875 bits per heavy atom. The van der Waals surface area contributed by atoms with Gasteiger partial charge < -0.3 is 10.2 Å². The van der Waals surface area contributed by atoms with Crippen molar-refractivity contribution in [2.45, 2.75) is 38.9 Å². The van der Waals surface area contributed by atoms with E-state index in [0.717, 1.165) is 16.1 Å². The first-order chi connectivity index (χ1) is 18.8. The maximum atomic E-state index is 14.1. The van der Waals surface area contributed by atoms with Gasteiger partial charge in [-0.2, -0.15) is 0 Å². The average Bonchev–Trinajstić information content (AvgIpc) is 2.85. The van der Waals surface area contributed by atoms with Crippen molar-refractivity contribution in [1.29, 1.82) is 0 Å². The van der Waals surface area contributed by atoms with Crippen molar-refractivity contribution in [3.63, 3.8) is 0 Å². The first-order valence-electron chi connectivity index (χ1n) is 12.3. The van der Waals surface area contributed by atoms with Crippen molar-refractivity contribution >= 4 is 73.9 Å². The largest absolute Gasteiger partial charge is 0.352 e. The molecule has 2 amide bonds. The van der Waals surface area contributed by atoms with Gasteiger partial charge in [-0.05, 0) is 55.3 Å². The zero-order valence-corrected chi connectivity index (χ0v) is 25.9. The first-order valence-corrected chi connectivity index (χ1v) is 15.6. The summed E-state index contributed by atoms with van der Waals surface area (Å²) in [5.41, 5.74) is 1.43. The number of carbonyl (C=O) groups excluding carboxylic acids is 2. The van der Waals surface area contributed by atoms with Crippen LogP contribution in [-0.4, -0.2) is 50.0 Å². The fourth-order valence-corrected chi connectivity index (χ4v) is 5.94. The van der Waals surface area contributed by atoms with Crippen molar-refractivity contribution in [1.82, 2.24) is 10.2 Å². The van der Waals surface area contributed by atoms with Gasteiger partial charge in [0.15, 0.2) is 0 Å². The number of hydrogen-bond donors (Lipinski definition) is 1. The molecule has 0 radical (unpaired) electrons. The number of nitrogens with one attached hydrogen (secondary N) is 1. The lowest BCUT2D eigenvalue weighted by molar-refractivity contribution is -0.140. The Hall–Kier alpha value is -2.49. The van der Waals surface area contributed by atoms with Crippen molar-refractivity contribution in [3.8, 4) is 0 Å². The number of hydrogen-bond acceptors (Lipinski definition) is 4. The lowest BCUT2D eigenvalue weighted by Crippen LogP contribution is -2.54. The number of amides is 2. The van der Waals surface area contributed by atoms with Gasteiger partial charge in [0, 0.05) is 34.1 Å². The number of sulfonamides is 1. The second kappa shape index (κ2) is 13.9. The van der Waals surface area contributed by atoms with Gasteiger partial charge in [0.1, 0.15) is 12.6 Å². The quantitative estimate of drug-likeness (QED) is 0.268. The molecule has 0 aromatic heterocycles. The second-order valence-corrected chi connectivity index (χ2v) is 13.1. The van der Waals surface area contributed by atoms with Crippen LogP contribution in [0.3, 0.4) is 0 Å². The molecule has 0 aliphatic rings. The molecule has 0 saturated carbocycles. The average molecular weight is 645 g/mol. The Bertz CT molecular complexity index is 1470. The normalized spacial score (nSPS) is 12.2. The Labute approximate surface area is 255 Å². The summed E-state index contributed by atoms with van der Waals surface area (Å²) < 4.78 is 26.6. The van der Waals surface area contributed by atoms with Crippen LogP contribution in [0.5, 0.6) is 0 Å².